The first-order valence-corrected chi connectivity index (χ1v) is 6.19. The van der Waals surface area contributed by atoms with Gasteiger partial charge in [-0.15, -0.1) is 6.42 Å². The molecule has 1 atom stereocenters. The van der Waals surface area contributed by atoms with Gasteiger partial charge in [0.2, 0.25) is 0 Å². The number of aliphatic imine (C=N–C) groups is 1. The van der Waals surface area contributed by atoms with E-state index in [0.717, 1.165) is 5.56 Å². The van der Waals surface area contributed by atoms with Gasteiger partial charge in [0.1, 0.15) is 0 Å². The van der Waals surface area contributed by atoms with Crippen LogP contribution in [0, 0.1) is 12.3 Å². The highest BCUT2D eigenvalue weighted by atomic mass is 35.5. The average molecular weight is 284 g/mol. The molecular formula is C13H15Cl2N3. The van der Waals surface area contributed by atoms with Crippen LogP contribution in [0.5, 0.6) is 0 Å². The van der Waals surface area contributed by atoms with Crippen LogP contribution in [0.2, 0.25) is 10.0 Å². The minimum absolute atomic E-state index is 0.00117. The van der Waals surface area contributed by atoms with Crippen LogP contribution in [0.4, 0.5) is 0 Å². The van der Waals surface area contributed by atoms with E-state index < -0.39 is 0 Å². The molecule has 0 spiro atoms. The quantitative estimate of drug-likeness (QED) is 0.508. The number of rotatable bonds is 3. The second kappa shape index (κ2) is 7.15. The molecule has 1 unspecified atom stereocenters. The lowest BCUT2D eigenvalue weighted by atomic mass is 10.1. The molecule has 96 valence electrons. The molecule has 0 aliphatic heterocycles. The van der Waals surface area contributed by atoms with Crippen molar-refractivity contribution in [1.82, 2.24) is 10.6 Å². The van der Waals surface area contributed by atoms with E-state index in [0.29, 0.717) is 22.5 Å². The number of hydrogen-bond donors (Lipinski definition) is 2. The van der Waals surface area contributed by atoms with E-state index in [4.69, 9.17) is 29.6 Å². The lowest BCUT2D eigenvalue weighted by molar-refractivity contribution is 0.695. The third-order valence-corrected chi connectivity index (χ3v) is 2.93. The summed E-state index contributed by atoms with van der Waals surface area (Å²) in [6.07, 6.45) is 5.18. The Morgan fingerprint density at radius 3 is 2.78 bits per heavy atom. The minimum Gasteiger partial charge on any atom is -0.350 e. The fourth-order valence-corrected chi connectivity index (χ4v) is 2.04. The third kappa shape index (κ3) is 4.14. The Bertz CT molecular complexity index is 478. The Balaban J connectivity index is 2.75. The molecule has 5 heteroatoms. The Morgan fingerprint density at radius 2 is 2.22 bits per heavy atom. The zero-order valence-electron chi connectivity index (χ0n) is 10.3. The molecule has 0 aliphatic carbocycles. The van der Waals surface area contributed by atoms with E-state index in [1.165, 1.54) is 0 Å². The highest BCUT2D eigenvalue weighted by molar-refractivity contribution is 6.35. The first kappa shape index (κ1) is 14.7. The van der Waals surface area contributed by atoms with Crippen molar-refractivity contribution in [3.8, 4) is 12.3 Å². The molecule has 1 rings (SSSR count). The highest BCUT2D eigenvalue weighted by Gasteiger charge is 2.11. The van der Waals surface area contributed by atoms with Crippen LogP contribution < -0.4 is 10.6 Å². The summed E-state index contributed by atoms with van der Waals surface area (Å²) in [5.74, 6) is 3.12. The smallest absolute Gasteiger partial charge is 0.192 e. The van der Waals surface area contributed by atoms with Crippen LogP contribution in [0.15, 0.2) is 23.2 Å². The van der Waals surface area contributed by atoms with Crippen molar-refractivity contribution < 1.29 is 0 Å². The van der Waals surface area contributed by atoms with Crippen molar-refractivity contribution in [2.75, 3.05) is 13.6 Å². The molecule has 1 aromatic rings. The third-order valence-electron chi connectivity index (χ3n) is 2.36. The van der Waals surface area contributed by atoms with Gasteiger partial charge in [0.25, 0.3) is 0 Å². The van der Waals surface area contributed by atoms with Gasteiger partial charge in [0.15, 0.2) is 5.96 Å². The van der Waals surface area contributed by atoms with Crippen molar-refractivity contribution in [2.24, 2.45) is 4.99 Å². The second-order valence-electron chi connectivity index (χ2n) is 3.66. The number of nitrogens with zero attached hydrogens (tertiary/aromatic N) is 1. The van der Waals surface area contributed by atoms with Gasteiger partial charge in [-0.2, -0.15) is 0 Å². The van der Waals surface area contributed by atoms with E-state index in [9.17, 15) is 0 Å². The van der Waals surface area contributed by atoms with Gasteiger partial charge in [-0.3, -0.25) is 4.99 Å². The number of terminal acetylenes is 1. The molecule has 0 amide bonds. The van der Waals surface area contributed by atoms with Crippen molar-refractivity contribution in [3.63, 3.8) is 0 Å². The van der Waals surface area contributed by atoms with Crippen molar-refractivity contribution in [3.05, 3.63) is 33.8 Å². The Kier molecular flexibility index (Phi) is 5.84. The van der Waals surface area contributed by atoms with Gasteiger partial charge in [-0.1, -0.05) is 35.2 Å². The standard InChI is InChI=1S/C13H15Cl2N3/c1-4-7-17-13(16-3)18-9(2)11-6-5-10(14)8-12(11)15/h1,5-6,8-9H,7H2,2-3H3,(H2,16,17,18). The van der Waals surface area contributed by atoms with Gasteiger partial charge in [-0.25, -0.2) is 0 Å². The summed E-state index contributed by atoms with van der Waals surface area (Å²) >= 11 is 12.0. The monoisotopic (exact) mass is 283 g/mol. The van der Waals surface area contributed by atoms with Crippen LogP contribution in [0.3, 0.4) is 0 Å². The number of halogens is 2. The lowest BCUT2D eigenvalue weighted by Gasteiger charge is -2.18. The molecule has 0 aromatic heterocycles. The zero-order valence-corrected chi connectivity index (χ0v) is 11.8. The zero-order chi connectivity index (χ0) is 13.5. The number of benzene rings is 1. The maximum absolute atomic E-state index is 6.14. The summed E-state index contributed by atoms with van der Waals surface area (Å²) in [4.78, 5) is 4.07. The van der Waals surface area contributed by atoms with Gasteiger partial charge >= 0.3 is 0 Å². The molecule has 0 aliphatic rings. The minimum atomic E-state index is -0.00117. The van der Waals surface area contributed by atoms with E-state index in [1.807, 2.05) is 13.0 Å². The summed E-state index contributed by atoms with van der Waals surface area (Å²) in [6, 6.07) is 5.41. The average Bonchev–Trinajstić information content (AvgIpc) is 2.34. The predicted molar refractivity (Wildman–Crippen MR) is 78.2 cm³/mol. The van der Waals surface area contributed by atoms with Gasteiger partial charge in [-0.05, 0) is 24.6 Å². The van der Waals surface area contributed by atoms with Gasteiger partial charge in [0.05, 0.1) is 12.6 Å². The van der Waals surface area contributed by atoms with E-state index in [2.05, 4.69) is 21.5 Å². The predicted octanol–water partition coefficient (Wildman–Crippen LogP) is 2.85. The van der Waals surface area contributed by atoms with Crippen molar-refractivity contribution >= 4 is 29.2 Å². The van der Waals surface area contributed by atoms with Gasteiger partial charge in [0, 0.05) is 17.1 Å². The van der Waals surface area contributed by atoms with E-state index >= 15 is 0 Å². The van der Waals surface area contributed by atoms with E-state index in [-0.39, 0.29) is 6.04 Å². The summed E-state index contributed by atoms with van der Waals surface area (Å²) < 4.78 is 0. The van der Waals surface area contributed by atoms with Crippen molar-refractivity contribution in [2.45, 2.75) is 13.0 Å². The molecule has 3 nitrogen and oxygen atoms in total. The molecule has 0 radical (unpaired) electrons. The summed E-state index contributed by atoms with van der Waals surface area (Å²) in [5, 5.41) is 7.41. The first-order valence-electron chi connectivity index (χ1n) is 5.44. The molecule has 1 aromatic carbocycles. The first-order chi connectivity index (χ1) is 8.58. The number of hydrogen-bond acceptors (Lipinski definition) is 1. The maximum atomic E-state index is 6.14. The number of nitrogens with one attached hydrogen (secondary N) is 2. The molecule has 0 saturated carbocycles. The molecule has 0 fully saturated rings. The molecule has 2 N–H and O–H groups in total. The fraction of sp³-hybridized carbons (Fsp3) is 0.308. The number of guanidine groups is 1. The SMILES string of the molecule is C#CCNC(=NC)NC(C)c1ccc(Cl)cc1Cl. The topological polar surface area (TPSA) is 36.4 Å². The second-order valence-corrected chi connectivity index (χ2v) is 4.51. The summed E-state index contributed by atoms with van der Waals surface area (Å²) in [5.41, 5.74) is 0.949. The largest absolute Gasteiger partial charge is 0.350 e. The Morgan fingerprint density at radius 1 is 1.50 bits per heavy atom. The Hall–Kier alpha value is -1.37. The molecule has 0 heterocycles. The van der Waals surface area contributed by atoms with Crippen LogP contribution in [0.25, 0.3) is 0 Å². The van der Waals surface area contributed by atoms with Crippen LogP contribution in [-0.2, 0) is 0 Å². The maximum Gasteiger partial charge on any atom is 0.192 e. The van der Waals surface area contributed by atoms with Gasteiger partial charge < -0.3 is 10.6 Å². The van der Waals surface area contributed by atoms with Crippen molar-refractivity contribution in [1.29, 1.82) is 0 Å². The van der Waals surface area contributed by atoms with Crippen LogP contribution in [0.1, 0.15) is 18.5 Å². The Labute approximate surface area is 118 Å². The molecule has 0 saturated heterocycles. The lowest BCUT2D eigenvalue weighted by Crippen LogP contribution is -2.38. The summed E-state index contributed by atoms with van der Waals surface area (Å²) in [7, 11) is 1.68. The van der Waals surface area contributed by atoms with E-state index in [1.54, 1.807) is 19.2 Å². The van der Waals surface area contributed by atoms with Crippen LogP contribution in [-0.4, -0.2) is 19.6 Å². The molecule has 0 bridgehead atoms. The van der Waals surface area contributed by atoms with Crippen LogP contribution >= 0.6 is 23.2 Å². The molecular weight excluding hydrogens is 269 g/mol. The fourth-order valence-electron chi connectivity index (χ4n) is 1.46. The normalized spacial score (nSPS) is 12.7. The highest BCUT2D eigenvalue weighted by Crippen LogP contribution is 2.25. The molecule has 18 heavy (non-hydrogen) atoms. The summed E-state index contributed by atoms with van der Waals surface area (Å²) in [6.45, 7) is 2.40.